The molecular formula is C19H16O4. The van der Waals surface area contributed by atoms with Gasteiger partial charge < -0.3 is 13.9 Å². The fourth-order valence-electron chi connectivity index (χ4n) is 2.51. The molecule has 0 amide bonds. The third-order valence-electron chi connectivity index (χ3n) is 3.74. The van der Waals surface area contributed by atoms with Gasteiger partial charge in [0.25, 0.3) is 0 Å². The summed E-state index contributed by atoms with van der Waals surface area (Å²) in [7, 11) is 3.05. The van der Waals surface area contributed by atoms with E-state index in [0.717, 1.165) is 11.1 Å². The van der Waals surface area contributed by atoms with E-state index in [4.69, 9.17) is 13.9 Å². The molecule has 0 spiro atoms. The van der Waals surface area contributed by atoms with Crippen LogP contribution in [0.5, 0.6) is 11.5 Å². The van der Waals surface area contributed by atoms with Crippen molar-refractivity contribution < 1.29 is 13.9 Å². The smallest absolute Gasteiger partial charge is 0.204 e. The van der Waals surface area contributed by atoms with Crippen molar-refractivity contribution >= 4 is 17.0 Å². The van der Waals surface area contributed by atoms with Gasteiger partial charge in [-0.2, -0.15) is 0 Å². The monoisotopic (exact) mass is 308 g/mol. The van der Waals surface area contributed by atoms with Gasteiger partial charge in [0.2, 0.25) is 11.2 Å². The standard InChI is InChI=1S/C19H16O4/c1-4-12-5-7-13(8-6-12)15-11-23-18-14(17(15)20)9-10-16(21-2)19(18)22-3/h4-11H,1H2,2-3H3. The Bertz CT molecular complexity index is 920. The molecule has 2 aromatic carbocycles. The molecule has 116 valence electrons. The average molecular weight is 308 g/mol. The van der Waals surface area contributed by atoms with Crippen LogP contribution in [-0.2, 0) is 0 Å². The maximum atomic E-state index is 12.8. The highest BCUT2D eigenvalue weighted by atomic mass is 16.5. The summed E-state index contributed by atoms with van der Waals surface area (Å²) < 4.78 is 16.2. The van der Waals surface area contributed by atoms with Gasteiger partial charge in [0.05, 0.1) is 25.2 Å². The molecule has 0 bridgehead atoms. The Kier molecular flexibility index (Phi) is 3.89. The molecule has 23 heavy (non-hydrogen) atoms. The van der Waals surface area contributed by atoms with Crippen LogP contribution >= 0.6 is 0 Å². The Hall–Kier alpha value is -3.01. The third-order valence-corrected chi connectivity index (χ3v) is 3.74. The van der Waals surface area contributed by atoms with E-state index in [1.807, 2.05) is 24.3 Å². The van der Waals surface area contributed by atoms with Crippen LogP contribution in [0.2, 0.25) is 0 Å². The highest BCUT2D eigenvalue weighted by Crippen LogP contribution is 2.35. The molecule has 0 saturated carbocycles. The molecule has 0 fully saturated rings. The summed E-state index contributed by atoms with van der Waals surface area (Å²) in [6.07, 6.45) is 3.21. The second-order valence-electron chi connectivity index (χ2n) is 4.98. The summed E-state index contributed by atoms with van der Waals surface area (Å²) in [5.41, 5.74) is 2.55. The Balaban J connectivity index is 2.23. The molecule has 0 aliphatic carbocycles. The molecule has 0 unspecified atom stereocenters. The molecule has 4 heteroatoms. The third kappa shape index (κ3) is 2.48. The lowest BCUT2D eigenvalue weighted by Gasteiger charge is -2.10. The average Bonchev–Trinajstić information content (AvgIpc) is 2.61. The number of ether oxygens (including phenoxy) is 2. The van der Waals surface area contributed by atoms with E-state index < -0.39 is 0 Å². The van der Waals surface area contributed by atoms with Crippen LogP contribution in [0, 0.1) is 0 Å². The van der Waals surface area contributed by atoms with Crippen molar-refractivity contribution in [2.24, 2.45) is 0 Å². The van der Waals surface area contributed by atoms with E-state index in [0.29, 0.717) is 28.0 Å². The van der Waals surface area contributed by atoms with Crippen molar-refractivity contribution in [3.05, 3.63) is 65.0 Å². The van der Waals surface area contributed by atoms with Crippen LogP contribution in [-0.4, -0.2) is 14.2 Å². The molecule has 1 heterocycles. The maximum Gasteiger partial charge on any atom is 0.204 e. The second kappa shape index (κ2) is 6.01. The molecule has 4 nitrogen and oxygen atoms in total. The number of fused-ring (bicyclic) bond motifs is 1. The quantitative estimate of drug-likeness (QED) is 0.727. The van der Waals surface area contributed by atoms with Gasteiger partial charge in [0.1, 0.15) is 6.26 Å². The lowest BCUT2D eigenvalue weighted by Crippen LogP contribution is -2.06. The van der Waals surface area contributed by atoms with E-state index >= 15 is 0 Å². The molecule has 3 rings (SSSR count). The van der Waals surface area contributed by atoms with Crippen molar-refractivity contribution in [2.75, 3.05) is 14.2 Å². The minimum atomic E-state index is -0.112. The zero-order valence-electron chi connectivity index (χ0n) is 13.0. The van der Waals surface area contributed by atoms with Crippen molar-refractivity contribution in [2.45, 2.75) is 0 Å². The first-order chi connectivity index (χ1) is 11.2. The fraction of sp³-hybridized carbons (Fsp3) is 0.105. The Morgan fingerprint density at radius 2 is 1.78 bits per heavy atom. The molecule has 0 radical (unpaired) electrons. The van der Waals surface area contributed by atoms with Gasteiger partial charge in [0.15, 0.2) is 11.3 Å². The predicted octanol–water partition coefficient (Wildman–Crippen LogP) is 4.12. The predicted molar refractivity (Wildman–Crippen MR) is 91.1 cm³/mol. The van der Waals surface area contributed by atoms with Crippen LogP contribution in [0.3, 0.4) is 0 Å². The molecule has 0 aliphatic rings. The van der Waals surface area contributed by atoms with Crippen molar-refractivity contribution in [1.29, 1.82) is 0 Å². The largest absolute Gasteiger partial charge is 0.493 e. The molecule has 0 atom stereocenters. The molecule has 0 N–H and O–H groups in total. The van der Waals surface area contributed by atoms with Gasteiger partial charge in [0, 0.05) is 0 Å². The first-order valence-electron chi connectivity index (χ1n) is 7.09. The maximum absolute atomic E-state index is 12.8. The van der Waals surface area contributed by atoms with Crippen LogP contribution < -0.4 is 14.9 Å². The second-order valence-corrected chi connectivity index (χ2v) is 4.98. The topological polar surface area (TPSA) is 48.7 Å². The van der Waals surface area contributed by atoms with Crippen LogP contribution in [0.1, 0.15) is 5.56 Å². The minimum absolute atomic E-state index is 0.112. The SMILES string of the molecule is C=Cc1ccc(-c2coc3c(OC)c(OC)ccc3c2=O)cc1. The highest BCUT2D eigenvalue weighted by Gasteiger charge is 2.16. The van der Waals surface area contributed by atoms with E-state index in [2.05, 4.69) is 6.58 Å². The summed E-state index contributed by atoms with van der Waals surface area (Å²) in [5.74, 6) is 0.932. The Labute approximate surface area is 133 Å². The van der Waals surface area contributed by atoms with E-state index in [-0.39, 0.29) is 5.43 Å². The first kappa shape index (κ1) is 14.9. The van der Waals surface area contributed by atoms with Gasteiger partial charge >= 0.3 is 0 Å². The summed E-state index contributed by atoms with van der Waals surface area (Å²) >= 11 is 0. The van der Waals surface area contributed by atoms with Crippen molar-refractivity contribution in [3.63, 3.8) is 0 Å². The number of methoxy groups -OCH3 is 2. The van der Waals surface area contributed by atoms with E-state index in [9.17, 15) is 4.79 Å². The normalized spacial score (nSPS) is 10.5. The number of hydrogen-bond acceptors (Lipinski definition) is 4. The van der Waals surface area contributed by atoms with Gasteiger partial charge in [-0.1, -0.05) is 36.9 Å². The number of rotatable bonds is 4. The zero-order valence-corrected chi connectivity index (χ0v) is 13.0. The molecular weight excluding hydrogens is 292 g/mol. The Morgan fingerprint density at radius 1 is 1.04 bits per heavy atom. The fourth-order valence-corrected chi connectivity index (χ4v) is 2.51. The van der Waals surface area contributed by atoms with E-state index in [1.165, 1.54) is 20.5 Å². The van der Waals surface area contributed by atoms with Crippen LogP contribution in [0.25, 0.3) is 28.2 Å². The zero-order chi connectivity index (χ0) is 16.4. The number of hydrogen-bond donors (Lipinski definition) is 0. The van der Waals surface area contributed by atoms with Crippen molar-refractivity contribution in [1.82, 2.24) is 0 Å². The lowest BCUT2D eigenvalue weighted by molar-refractivity contribution is 0.353. The van der Waals surface area contributed by atoms with Gasteiger partial charge in [-0.15, -0.1) is 0 Å². The van der Waals surface area contributed by atoms with Gasteiger partial charge in [-0.25, -0.2) is 0 Å². The van der Waals surface area contributed by atoms with Crippen molar-refractivity contribution in [3.8, 4) is 22.6 Å². The van der Waals surface area contributed by atoms with Gasteiger partial charge in [-0.05, 0) is 23.3 Å². The summed E-state index contributed by atoms with van der Waals surface area (Å²) in [4.78, 5) is 12.8. The first-order valence-corrected chi connectivity index (χ1v) is 7.09. The molecule has 0 aliphatic heterocycles. The van der Waals surface area contributed by atoms with E-state index in [1.54, 1.807) is 18.2 Å². The molecule has 1 aromatic heterocycles. The number of benzene rings is 2. The lowest BCUT2D eigenvalue weighted by atomic mass is 10.0. The summed E-state index contributed by atoms with van der Waals surface area (Å²) in [5, 5.41) is 0.452. The Morgan fingerprint density at radius 3 is 2.39 bits per heavy atom. The highest BCUT2D eigenvalue weighted by molar-refractivity contribution is 5.88. The van der Waals surface area contributed by atoms with Crippen LogP contribution in [0.15, 0.2) is 58.5 Å². The summed E-state index contributed by atoms with van der Waals surface area (Å²) in [6.45, 7) is 3.72. The molecule has 3 aromatic rings. The molecule has 0 saturated heterocycles. The minimum Gasteiger partial charge on any atom is -0.493 e. The van der Waals surface area contributed by atoms with Gasteiger partial charge in [-0.3, -0.25) is 4.79 Å². The van der Waals surface area contributed by atoms with Crippen LogP contribution in [0.4, 0.5) is 0 Å². The summed E-state index contributed by atoms with van der Waals surface area (Å²) in [6, 6.07) is 10.9.